The van der Waals surface area contributed by atoms with Crippen LogP contribution in [0.1, 0.15) is 13.8 Å². The van der Waals surface area contributed by atoms with Gasteiger partial charge < -0.3 is 5.73 Å². The van der Waals surface area contributed by atoms with Gasteiger partial charge in [0.2, 0.25) is 10.0 Å². The minimum absolute atomic E-state index is 0.0242. The van der Waals surface area contributed by atoms with Crippen LogP contribution in [0.3, 0.4) is 0 Å². The van der Waals surface area contributed by atoms with Crippen molar-refractivity contribution >= 4 is 43.2 Å². The van der Waals surface area contributed by atoms with E-state index >= 15 is 0 Å². The van der Waals surface area contributed by atoms with Crippen LogP contribution < -0.4 is 10.5 Å². The SMILES string of the molecule is CC(C)C(NS(=O)(=O)c1ccc(Br)cc1F)C(N)=S. The van der Waals surface area contributed by atoms with Gasteiger partial charge in [0.25, 0.3) is 0 Å². The molecule has 1 atom stereocenters. The van der Waals surface area contributed by atoms with E-state index in [4.69, 9.17) is 18.0 Å². The van der Waals surface area contributed by atoms with Gasteiger partial charge in [-0.1, -0.05) is 42.0 Å². The highest BCUT2D eigenvalue weighted by Crippen LogP contribution is 2.20. The smallest absolute Gasteiger partial charge is 0.244 e. The van der Waals surface area contributed by atoms with Crippen LogP contribution in [0.25, 0.3) is 0 Å². The molecular weight excluding hydrogens is 355 g/mol. The van der Waals surface area contributed by atoms with Crippen molar-refractivity contribution in [3.63, 3.8) is 0 Å². The normalized spacial score (nSPS) is 13.5. The van der Waals surface area contributed by atoms with Crippen molar-refractivity contribution in [1.82, 2.24) is 4.72 Å². The third-order valence-corrected chi connectivity index (χ3v) is 4.66. The van der Waals surface area contributed by atoms with Gasteiger partial charge in [-0.15, -0.1) is 0 Å². The van der Waals surface area contributed by atoms with E-state index in [-0.39, 0.29) is 10.9 Å². The molecular formula is C11H14BrFN2O2S2. The minimum Gasteiger partial charge on any atom is -0.392 e. The molecule has 0 fully saturated rings. The van der Waals surface area contributed by atoms with Crippen LogP contribution in [0.5, 0.6) is 0 Å². The van der Waals surface area contributed by atoms with E-state index in [1.807, 2.05) is 0 Å². The van der Waals surface area contributed by atoms with Crippen LogP contribution in [0.4, 0.5) is 4.39 Å². The molecule has 4 nitrogen and oxygen atoms in total. The lowest BCUT2D eigenvalue weighted by Crippen LogP contribution is -2.46. The summed E-state index contributed by atoms with van der Waals surface area (Å²) in [4.78, 5) is -0.409. The molecule has 0 aromatic heterocycles. The van der Waals surface area contributed by atoms with Crippen molar-refractivity contribution in [2.75, 3.05) is 0 Å². The monoisotopic (exact) mass is 368 g/mol. The van der Waals surface area contributed by atoms with Crippen LogP contribution in [0.2, 0.25) is 0 Å². The number of halogens is 2. The number of nitrogens with one attached hydrogen (secondary N) is 1. The summed E-state index contributed by atoms with van der Waals surface area (Å²) in [6.45, 7) is 3.54. The van der Waals surface area contributed by atoms with Gasteiger partial charge >= 0.3 is 0 Å². The Morgan fingerprint density at radius 1 is 1.47 bits per heavy atom. The zero-order valence-electron chi connectivity index (χ0n) is 10.4. The topological polar surface area (TPSA) is 72.2 Å². The number of sulfonamides is 1. The lowest BCUT2D eigenvalue weighted by molar-refractivity contribution is 0.518. The van der Waals surface area contributed by atoms with Gasteiger partial charge in [0.1, 0.15) is 10.7 Å². The zero-order chi connectivity index (χ0) is 14.8. The van der Waals surface area contributed by atoms with E-state index in [0.717, 1.165) is 6.07 Å². The Morgan fingerprint density at radius 2 is 2.05 bits per heavy atom. The van der Waals surface area contributed by atoms with Crippen LogP contribution in [-0.2, 0) is 10.0 Å². The number of thiocarbonyl (C=S) groups is 1. The molecule has 19 heavy (non-hydrogen) atoms. The Labute approximate surface area is 125 Å². The molecule has 0 aliphatic rings. The van der Waals surface area contributed by atoms with Crippen molar-refractivity contribution in [2.24, 2.45) is 11.7 Å². The molecule has 0 heterocycles. The van der Waals surface area contributed by atoms with Crippen LogP contribution in [0.15, 0.2) is 27.6 Å². The third kappa shape index (κ3) is 4.20. The Balaban J connectivity index is 3.14. The van der Waals surface area contributed by atoms with Crippen LogP contribution >= 0.6 is 28.1 Å². The van der Waals surface area contributed by atoms with E-state index in [1.165, 1.54) is 12.1 Å². The Bertz CT molecular complexity index is 590. The van der Waals surface area contributed by atoms with Gasteiger partial charge in [0, 0.05) is 4.47 Å². The summed E-state index contributed by atoms with van der Waals surface area (Å²) >= 11 is 7.88. The molecule has 0 aliphatic heterocycles. The number of hydrogen-bond acceptors (Lipinski definition) is 3. The quantitative estimate of drug-likeness (QED) is 0.781. The number of nitrogens with two attached hydrogens (primary N) is 1. The molecule has 1 rings (SSSR count). The van der Waals surface area contributed by atoms with E-state index in [0.29, 0.717) is 4.47 Å². The standard InChI is InChI=1S/C11H14BrFN2O2S2/c1-6(2)10(11(14)18)15-19(16,17)9-4-3-7(12)5-8(9)13/h3-6,10,15H,1-2H3,(H2,14,18). The van der Waals surface area contributed by atoms with Gasteiger partial charge in [-0.3, -0.25) is 0 Å². The molecule has 8 heteroatoms. The molecule has 0 bridgehead atoms. The van der Waals surface area contributed by atoms with Gasteiger partial charge in [-0.2, -0.15) is 0 Å². The molecule has 0 saturated carbocycles. The maximum absolute atomic E-state index is 13.7. The summed E-state index contributed by atoms with van der Waals surface area (Å²) in [6.07, 6.45) is 0. The van der Waals surface area contributed by atoms with Crippen molar-refractivity contribution in [1.29, 1.82) is 0 Å². The summed E-state index contributed by atoms with van der Waals surface area (Å²) in [5, 5.41) is 0. The number of rotatable bonds is 5. The largest absolute Gasteiger partial charge is 0.392 e. The fraction of sp³-hybridized carbons (Fsp3) is 0.364. The Hall–Kier alpha value is -0.570. The van der Waals surface area contributed by atoms with Crippen molar-refractivity contribution < 1.29 is 12.8 Å². The molecule has 3 N–H and O–H groups in total. The summed E-state index contributed by atoms with van der Waals surface area (Å²) < 4.78 is 40.7. The second-order valence-corrected chi connectivity index (χ2v) is 7.39. The van der Waals surface area contributed by atoms with Gasteiger partial charge in [0.05, 0.1) is 11.0 Å². The van der Waals surface area contributed by atoms with Crippen LogP contribution in [0, 0.1) is 11.7 Å². The molecule has 0 spiro atoms. The maximum Gasteiger partial charge on any atom is 0.244 e. The summed E-state index contributed by atoms with van der Waals surface area (Å²) in [7, 11) is -4.01. The predicted molar refractivity (Wildman–Crippen MR) is 79.8 cm³/mol. The molecule has 0 amide bonds. The van der Waals surface area contributed by atoms with E-state index in [1.54, 1.807) is 13.8 Å². The average molecular weight is 369 g/mol. The van der Waals surface area contributed by atoms with Crippen molar-refractivity contribution in [3.05, 3.63) is 28.5 Å². The molecule has 1 aromatic carbocycles. The second-order valence-electron chi connectivity index (χ2n) is 4.32. The number of benzene rings is 1. The molecule has 0 aliphatic carbocycles. The lowest BCUT2D eigenvalue weighted by atomic mass is 10.1. The average Bonchev–Trinajstić information content (AvgIpc) is 2.24. The molecule has 1 unspecified atom stereocenters. The first-order chi connectivity index (χ1) is 8.65. The van der Waals surface area contributed by atoms with E-state index in [9.17, 15) is 12.8 Å². The van der Waals surface area contributed by atoms with Gasteiger partial charge in [-0.25, -0.2) is 17.5 Å². The Morgan fingerprint density at radius 3 is 2.47 bits per heavy atom. The van der Waals surface area contributed by atoms with E-state index in [2.05, 4.69) is 20.7 Å². The molecule has 1 aromatic rings. The molecule has 0 saturated heterocycles. The lowest BCUT2D eigenvalue weighted by Gasteiger charge is -2.21. The first-order valence-corrected chi connectivity index (χ1v) is 8.10. The summed E-state index contributed by atoms with van der Waals surface area (Å²) in [5.41, 5.74) is 5.49. The first-order valence-electron chi connectivity index (χ1n) is 5.42. The second kappa shape index (κ2) is 6.25. The minimum atomic E-state index is -4.01. The van der Waals surface area contributed by atoms with Crippen molar-refractivity contribution in [3.8, 4) is 0 Å². The van der Waals surface area contributed by atoms with E-state index < -0.39 is 26.8 Å². The summed E-state index contributed by atoms with van der Waals surface area (Å²) in [6, 6.07) is 2.99. The zero-order valence-corrected chi connectivity index (χ0v) is 13.6. The molecule has 0 radical (unpaired) electrons. The predicted octanol–water partition coefficient (Wildman–Crippen LogP) is 2.18. The summed E-state index contributed by atoms with van der Waals surface area (Å²) in [5.74, 6) is -0.974. The first kappa shape index (κ1) is 16.5. The fourth-order valence-electron chi connectivity index (χ4n) is 1.45. The van der Waals surface area contributed by atoms with Crippen LogP contribution in [-0.4, -0.2) is 19.4 Å². The van der Waals surface area contributed by atoms with Gasteiger partial charge in [-0.05, 0) is 24.1 Å². The number of hydrogen-bond donors (Lipinski definition) is 2. The highest BCUT2D eigenvalue weighted by atomic mass is 79.9. The maximum atomic E-state index is 13.7. The van der Waals surface area contributed by atoms with Gasteiger partial charge in [0.15, 0.2) is 0 Å². The third-order valence-electron chi connectivity index (χ3n) is 2.44. The highest BCUT2D eigenvalue weighted by Gasteiger charge is 2.26. The Kier molecular flexibility index (Phi) is 5.43. The highest BCUT2D eigenvalue weighted by molar-refractivity contribution is 9.10. The molecule has 106 valence electrons. The fourth-order valence-corrected chi connectivity index (χ4v) is 3.61. The van der Waals surface area contributed by atoms with Crippen molar-refractivity contribution in [2.45, 2.75) is 24.8 Å².